The van der Waals surface area contributed by atoms with Crippen LogP contribution in [0, 0.1) is 0 Å². The Hall–Kier alpha value is -1.79. The van der Waals surface area contributed by atoms with Crippen molar-refractivity contribution >= 4 is 29.0 Å². The summed E-state index contributed by atoms with van der Waals surface area (Å²) in [6.45, 7) is 0.241. The summed E-state index contributed by atoms with van der Waals surface area (Å²) in [7, 11) is 0. The maximum absolute atomic E-state index is 12.1. The fourth-order valence-electron chi connectivity index (χ4n) is 2.62. The van der Waals surface area contributed by atoms with E-state index in [2.05, 4.69) is 0 Å². The highest BCUT2D eigenvalue weighted by atomic mass is 32.1. The second-order valence-electron chi connectivity index (χ2n) is 5.02. The zero-order valence-electron chi connectivity index (χ0n) is 10.7. The van der Waals surface area contributed by atoms with Crippen LogP contribution in [0.3, 0.4) is 0 Å². The lowest BCUT2D eigenvalue weighted by Gasteiger charge is -2.30. The van der Waals surface area contributed by atoms with Gasteiger partial charge in [-0.05, 0) is 24.5 Å². The fourth-order valence-corrected chi connectivity index (χ4v) is 2.75. The lowest BCUT2D eigenvalue weighted by Crippen LogP contribution is -2.51. The number of fused-ring (bicyclic) bond motifs is 2. The van der Waals surface area contributed by atoms with Crippen LogP contribution in [0.1, 0.15) is 24.0 Å². The molecule has 0 radical (unpaired) electrons. The second-order valence-corrected chi connectivity index (χ2v) is 5.46. The van der Waals surface area contributed by atoms with Crippen molar-refractivity contribution in [3.8, 4) is 0 Å². The summed E-state index contributed by atoms with van der Waals surface area (Å²) in [5.41, 5.74) is 7.15. The average molecular weight is 290 g/mol. The van der Waals surface area contributed by atoms with Crippen molar-refractivity contribution < 1.29 is 14.3 Å². The molecule has 5 nitrogen and oxygen atoms in total. The number of nitrogens with zero attached hydrogens (tertiary/aromatic N) is 1. The molecule has 2 fully saturated rings. The summed E-state index contributed by atoms with van der Waals surface area (Å²) < 4.78 is 5.37. The number of hydrogen-bond donors (Lipinski definition) is 1. The number of nitrogens with two attached hydrogens (primary N) is 1. The minimum absolute atomic E-state index is 0.241. The Labute approximate surface area is 121 Å². The highest BCUT2D eigenvalue weighted by molar-refractivity contribution is 7.80. The number of carbonyl (C=O) groups is 2. The highest BCUT2D eigenvalue weighted by Crippen LogP contribution is 2.29. The molecule has 1 aromatic rings. The molecule has 3 rings (SSSR count). The van der Waals surface area contributed by atoms with Gasteiger partial charge in [-0.25, -0.2) is 0 Å². The van der Waals surface area contributed by atoms with Gasteiger partial charge in [0.15, 0.2) is 0 Å². The van der Waals surface area contributed by atoms with Gasteiger partial charge in [0.05, 0.1) is 6.54 Å². The smallest absolute Gasteiger partial charge is 0.258 e. The Morgan fingerprint density at radius 1 is 1.30 bits per heavy atom. The monoisotopic (exact) mass is 290 g/mol. The molecule has 2 bridgehead atoms. The predicted octanol–water partition coefficient (Wildman–Crippen LogP) is 0.737. The zero-order chi connectivity index (χ0) is 14.3. The number of imide groups is 1. The highest BCUT2D eigenvalue weighted by Gasteiger charge is 2.46. The summed E-state index contributed by atoms with van der Waals surface area (Å²) in [6, 6.07) is 7.27. The van der Waals surface area contributed by atoms with Gasteiger partial charge in [0.25, 0.3) is 11.8 Å². The number of likely N-dealkylation sites (tertiary alicyclic amines) is 1. The van der Waals surface area contributed by atoms with Crippen molar-refractivity contribution in [1.29, 1.82) is 0 Å². The molecule has 2 atom stereocenters. The van der Waals surface area contributed by atoms with E-state index in [0.717, 1.165) is 11.1 Å². The van der Waals surface area contributed by atoms with E-state index in [1.54, 1.807) is 12.1 Å². The Kier molecular flexibility index (Phi) is 3.27. The van der Waals surface area contributed by atoms with Gasteiger partial charge in [-0.15, -0.1) is 0 Å². The first-order chi connectivity index (χ1) is 9.56. The van der Waals surface area contributed by atoms with Crippen LogP contribution in [0.15, 0.2) is 24.3 Å². The van der Waals surface area contributed by atoms with Crippen LogP contribution in [0.25, 0.3) is 0 Å². The lowest BCUT2D eigenvalue weighted by atomic mass is 10.1. The van der Waals surface area contributed by atoms with Gasteiger partial charge in [0.2, 0.25) is 0 Å². The predicted molar refractivity (Wildman–Crippen MR) is 75.8 cm³/mol. The molecule has 2 aliphatic heterocycles. The van der Waals surface area contributed by atoms with Gasteiger partial charge < -0.3 is 10.5 Å². The fraction of sp³-hybridized carbons (Fsp3) is 0.357. The van der Waals surface area contributed by atoms with Gasteiger partial charge in [-0.1, -0.05) is 30.4 Å². The first kappa shape index (κ1) is 13.2. The molecule has 2 N–H and O–H groups in total. The van der Waals surface area contributed by atoms with E-state index < -0.39 is 12.2 Å². The summed E-state index contributed by atoms with van der Waals surface area (Å²) >= 11 is 4.93. The Morgan fingerprint density at radius 2 is 1.95 bits per heavy atom. The number of carbonyl (C=O) groups excluding carboxylic acids is 2. The van der Waals surface area contributed by atoms with E-state index in [1.807, 2.05) is 12.1 Å². The topological polar surface area (TPSA) is 72.6 Å². The summed E-state index contributed by atoms with van der Waals surface area (Å²) in [6.07, 6.45) is 0.324. The molecule has 2 heterocycles. The minimum atomic E-state index is -0.462. The Morgan fingerprint density at radius 3 is 2.55 bits per heavy atom. The van der Waals surface area contributed by atoms with Crippen molar-refractivity contribution in [3.05, 3.63) is 35.4 Å². The quantitative estimate of drug-likeness (QED) is 0.656. The van der Waals surface area contributed by atoms with Crippen LogP contribution in [-0.2, 0) is 20.9 Å². The minimum Gasteiger partial charge on any atom is -0.389 e. The van der Waals surface area contributed by atoms with Gasteiger partial charge in [-0.3, -0.25) is 14.5 Å². The van der Waals surface area contributed by atoms with Gasteiger partial charge in [-0.2, -0.15) is 0 Å². The summed E-state index contributed by atoms with van der Waals surface area (Å²) in [5, 5.41) is 0. The van der Waals surface area contributed by atoms with E-state index in [4.69, 9.17) is 22.7 Å². The largest absolute Gasteiger partial charge is 0.389 e. The Balaban J connectivity index is 1.83. The maximum Gasteiger partial charge on any atom is 0.258 e. The third kappa shape index (κ3) is 2.21. The van der Waals surface area contributed by atoms with Crippen LogP contribution in [0.2, 0.25) is 0 Å². The lowest BCUT2D eigenvalue weighted by molar-refractivity contribution is -0.169. The van der Waals surface area contributed by atoms with Crippen LogP contribution in [0.4, 0.5) is 0 Å². The van der Waals surface area contributed by atoms with E-state index in [0.29, 0.717) is 17.8 Å². The number of rotatable bonds is 3. The van der Waals surface area contributed by atoms with Crippen LogP contribution >= 0.6 is 12.2 Å². The third-order valence-corrected chi connectivity index (χ3v) is 3.89. The van der Waals surface area contributed by atoms with Gasteiger partial charge in [0, 0.05) is 5.56 Å². The molecule has 2 amide bonds. The van der Waals surface area contributed by atoms with Crippen LogP contribution < -0.4 is 5.73 Å². The normalized spacial score (nSPS) is 25.1. The number of amides is 2. The number of morpholine rings is 1. The SMILES string of the molecule is NC(=S)c1cccc(CN2C(=O)C3CCC(O3)C2=O)c1. The molecular weight excluding hydrogens is 276 g/mol. The standard InChI is InChI=1S/C14H14N2O3S/c15-12(20)9-3-1-2-8(6-9)7-16-13(17)10-4-5-11(19-10)14(16)18/h1-3,6,10-11H,4-5,7H2,(H2,15,20). The van der Waals surface area contributed by atoms with E-state index in [-0.39, 0.29) is 18.4 Å². The van der Waals surface area contributed by atoms with E-state index in [1.165, 1.54) is 4.90 Å². The van der Waals surface area contributed by atoms with Gasteiger partial charge in [0.1, 0.15) is 17.2 Å². The summed E-state index contributed by atoms with van der Waals surface area (Å²) in [5.74, 6) is -0.492. The number of thiocarbonyl (C=S) groups is 1. The van der Waals surface area contributed by atoms with E-state index >= 15 is 0 Å². The first-order valence-electron chi connectivity index (χ1n) is 6.45. The summed E-state index contributed by atoms with van der Waals surface area (Å²) in [4.78, 5) is 25.9. The molecule has 6 heteroatoms. The molecule has 0 aromatic heterocycles. The van der Waals surface area contributed by atoms with Crippen LogP contribution in [-0.4, -0.2) is 33.9 Å². The zero-order valence-corrected chi connectivity index (χ0v) is 11.6. The molecule has 2 aliphatic rings. The van der Waals surface area contributed by atoms with Crippen molar-refractivity contribution in [1.82, 2.24) is 4.90 Å². The molecular formula is C14H14N2O3S. The molecule has 0 spiro atoms. The molecule has 104 valence electrons. The molecule has 0 aliphatic carbocycles. The van der Waals surface area contributed by atoms with Crippen LogP contribution in [0.5, 0.6) is 0 Å². The van der Waals surface area contributed by atoms with Crippen molar-refractivity contribution in [2.45, 2.75) is 31.6 Å². The number of ether oxygens (including phenoxy) is 1. The van der Waals surface area contributed by atoms with Gasteiger partial charge >= 0.3 is 0 Å². The molecule has 0 saturated carbocycles. The van der Waals surface area contributed by atoms with Crippen molar-refractivity contribution in [3.63, 3.8) is 0 Å². The molecule has 2 saturated heterocycles. The number of benzene rings is 1. The Bertz CT molecular complexity index is 580. The molecule has 2 unspecified atom stereocenters. The first-order valence-corrected chi connectivity index (χ1v) is 6.86. The third-order valence-electron chi connectivity index (χ3n) is 3.65. The second kappa shape index (κ2) is 4.96. The average Bonchev–Trinajstić information content (AvgIpc) is 2.89. The van der Waals surface area contributed by atoms with E-state index in [9.17, 15) is 9.59 Å². The van der Waals surface area contributed by atoms with Crippen molar-refractivity contribution in [2.24, 2.45) is 5.73 Å². The number of hydrogen-bond acceptors (Lipinski definition) is 4. The van der Waals surface area contributed by atoms with Crippen molar-refractivity contribution in [2.75, 3.05) is 0 Å². The molecule has 1 aromatic carbocycles. The maximum atomic E-state index is 12.1. The molecule has 20 heavy (non-hydrogen) atoms.